The van der Waals surface area contributed by atoms with Crippen molar-refractivity contribution in [3.05, 3.63) is 60.0 Å². The van der Waals surface area contributed by atoms with Crippen molar-refractivity contribution in [2.45, 2.75) is 19.1 Å². The Hall–Kier alpha value is -3.07. The molecule has 1 aliphatic rings. The van der Waals surface area contributed by atoms with Gasteiger partial charge in [-0.15, -0.1) is 10.2 Å². The predicted octanol–water partition coefficient (Wildman–Crippen LogP) is 4.65. The van der Waals surface area contributed by atoms with Gasteiger partial charge in [-0.05, 0) is 49.4 Å². The molecule has 1 aromatic heterocycles. The molecular formula is C22H23F3N4O2. The molecule has 0 amide bonds. The highest BCUT2D eigenvalue weighted by Crippen LogP contribution is 2.32. The van der Waals surface area contributed by atoms with E-state index in [1.165, 1.54) is 12.1 Å². The molecule has 0 N–H and O–H groups in total. The summed E-state index contributed by atoms with van der Waals surface area (Å²) in [4.78, 5) is 4.16. The summed E-state index contributed by atoms with van der Waals surface area (Å²) in [5.74, 6) is 1.70. The van der Waals surface area contributed by atoms with E-state index in [9.17, 15) is 13.2 Å². The number of hydrogen-bond donors (Lipinski definition) is 0. The molecule has 0 aliphatic carbocycles. The zero-order valence-electron chi connectivity index (χ0n) is 17.3. The third-order valence-corrected chi connectivity index (χ3v) is 5.54. The molecule has 6 nitrogen and oxygen atoms in total. The number of ether oxygens (including phenoxy) is 1. The van der Waals surface area contributed by atoms with Crippen LogP contribution < -0.4 is 9.64 Å². The minimum atomic E-state index is -4.34. The number of aromatic nitrogens is 2. The molecule has 4 rings (SSSR count). The van der Waals surface area contributed by atoms with Gasteiger partial charge in [0, 0.05) is 37.4 Å². The topological polar surface area (TPSA) is 54.6 Å². The molecule has 0 spiro atoms. The molecule has 1 saturated heterocycles. The molecule has 1 fully saturated rings. The Kier molecular flexibility index (Phi) is 5.86. The summed E-state index contributed by atoms with van der Waals surface area (Å²) in [6.07, 6.45) is -4.34. The fourth-order valence-corrected chi connectivity index (χ4v) is 3.66. The number of rotatable bonds is 5. The van der Waals surface area contributed by atoms with Crippen molar-refractivity contribution in [2.24, 2.45) is 0 Å². The van der Waals surface area contributed by atoms with E-state index >= 15 is 0 Å². The van der Waals surface area contributed by atoms with Gasteiger partial charge in [0.25, 0.3) is 0 Å². The minimum Gasteiger partial charge on any atom is -0.497 e. The quantitative estimate of drug-likeness (QED) is 0.585. The van der Waals surface area contributed by atoms with Crippen LogP contribution in [0.3, 0.4) is 0 Å². The van der Waals surface area contributed by atoms with Crippen molar-refractivity contribution in [3.63, 3.8) is 0 Å². The Balaban J connectivity index is 1.39. The first kappa shape index (κ1) is 21.2. The van der Waals surface area contributed by atoms with E-state index in [1.54, 1.807) is 13.2 Å². The Bertz CT molecular complexity index is 1010. The van der Waals surface area contributed by atoms with Crippen LogP contribution in [-0.4, -0.2) is 48.4 Å². The number of halogens is 3. The van der Waals surface area contributed by atoms with Crippen LogP contribution in [0.1, 0.15) is 24.4 Å². The largest absolute Gasteiger partial charge is 0.497 e. The molecule has 0 bridgehead atoms. The van der Waals surface area contributed by atoms with Crippen LogP contribution in [0.15, 0.2) is 52.9 Å². The zero-order chi connectivity index (χ0) is 22.0. The molecule has 1 atom stereocenters. The smallest absolute Gasteiger partial charge is 0.416 e. The highest BCUT2D eigenvalue weighted by molar-refractivity contribution is 5.54. The van der Waals surface area contributed by atoms with Gasteiger partial charge < -0.3 is 14.1 Å². The van der Waals surface area contributed by atoms with Crippen LogP contribution in [0, 0.1) is 0 Å². The molecule has 0 saturated carbocycles. The number of hydrogen-bond acceptors (Lipinski definition) is 6. The Labute approximate surface area is 178 Å². The summed E-state index contributed by atoms with van der Waals surface area (Å²) in [5.41, 5.74) is 0.764. The first-order valence-electron chi connectivity index (χ1n) is 9.99. The number of benzene rings is 2. The maximum Gasteiger partial charge on any atom is 0.416 e. The van der Waals surface area contributed by atoms with Crippen molar-refractivity contribution in [1.82, 2.24) is 15.1 Å². The zero-order valence-corrected chi connectivity index (χ0v) is 17.3. The summed E-state index contributed by atoms with van der Waals surface area (Å²) in [7, 11) is 1.61. The van der Waals surface area contributed by atoms with Crippen molar-refractivity contribution in [3.8, 4) is 17.2 Å². The van der Waals surface area contributed by atoms with Gasteiger partial charge in [0.05, 0.1) is 18.7 Å². The molecule has 164 valence electrons. The molecule has 0 radical (unpaired) electrons. The fourth-order valence-electron chi connectivity index (χ4n) is 3.66. The lowest BCUT2D eigenvalue weighted by molar-refractivity contribution is -0.137. The second kappa shape index (κ2) is 8.58. The molecule has 9 heteroatoms. The summed E-state index contributed by atoms with van der Waals surface area (Å²) in [6.45, 7) is 4.58. The van der Waals surface area contributed by atoms with Crippen molar-refractivity contribution in [2.75, 3.05) is 38.2 Å². The Morgan fingerprint density at radius 2 is 1.71 bits per heavy atom. The van der Waals surface area contributed by atoms with E-state index in [-0.39, 0.29) is 6.04 Å². The first-order valence-corrected chi connectivity index (χ1v) is 9.99. The number of anilines is 1. The average Bonchev–Trinajstić information content (AvgIpc) is 3.28. The molecule has 2 heterocycles. The SMILES string of the molecule is COc1ccc(-c2nnc([C@H](C)N3CCN(c4cccc(C(F)(F)F)c4)CC3)o2)cc1. The molecule has 3 aromatic rings. The minimum absolute atomic E-state index is 0.0943. The van der Waals surface area contributed by atoms with Gasteiger partial charge >= 0.3 is 6.18 Å². The lowest BCUT2D eigenvalue weighted by Gasteiger charge is -2.38. The highest BCUT2D eigenvalue weighted by atomic mass is 19.4. The number of piperazine rings is 1. The average molecular weight is 432 g/mol. The van der Waals surface area contributed by atoms with Gasteiger partial charge in [0.2, 0.25) is 11.8 Å². The van der Waals surface area contributed by atoms with Crippen molar-refractivity contribution >= 4 is 5.69 Å². The van der Waals surface area contributed by atoms with Gasteiger partial charge in [-0.2, -0.15) is 13.2 Å². The third kappa shape index (κ3) is 4.66. The molecule has 2 aromatic carbocycles. The van der Waals surface area contributed by atoms with E-state index in [2.05, 4.69) is 15.1 Å². The van der Waals surface area contributed by atoms with Gasteiger partial charge in [-0.25, -0.2) is 0 Å². The van der Waals surface area contributed by atoms with Crippen LogP contribution >= 0.6 is 0 Å². The fraction of sp³-hybridized carbons (Fsp3) is 0.364. The second-order valence-electron chi connectivity index (χ2n) is 7.42. The molecular weight excluding hydrogens is 409 g/mol. The van der Waals surface area contributed by atoms with Crippen LogP contribution in [-0.2, 0) is 6.18 Å². The van der Waals surface area contributed by atoms with Crippen molar-refractivity contribution in [1.29, 1.82) is 0 Å². The maximum absolute atomic E-state index is 13.0. The first-order chi connectivity index (χ1) is 14.8. The van der Waals surface area contributed by atoms with Gasteiger partial charge in [0.1, 0.15) is 5.75 Å². The van der Waals surface area contributed by atoms with Crippen LogP contribution in [0.5, 0.6) is 5.75 Å². The standard InChI is InChI=1S/C22H23F3N4O2/c1-15(20-26-27-21(31-20)16-6-8-19(30-2)9-7-16)28-10-12-29(13-11-28)18-5-3-4-17(14-18)22(23,24)25/h3-9,14-15H,10-13H2,1-2H3/t15-/m0/s1. The lowest BCUT2D eigenvalue weighted by atomic mass is 10.1. The number of nitrogens with zero attached hydrogens (tertiary/aromatic N) is 4. The van der Waals surface area contributed by atoms with Gasteiger partial charge in [-0.3, -0.25) is 4.90 Å². The molecule has 31 heavy (non-hydrogen) atoms. The summed E-state index contributed by atoms with van der Waals surface area (Å²) < 4.78 is 50.0. The van der Waals surface area contributed by atoms with Gasteiger partial charge in [0.15, 0.2) is 0 Å². The van der Waals surface area contributed by atoms with E-state index in [0.29, 0.717) is 43.6 Å². The number of alkyl halides is 3. The van der Waals surface area contributed by atoms with E-state index in [1.807, 2.05) is 36.1 Å². The monoisotopic (exact) mass is 432 g/mol. The molecule has 0 unspecified atom stereocenters. The van der Waals surface area contributed by atoms with E-state index in [0.717, 1.165) is 17.4 Å². The van der Waals surface area contributed by atoms with Crippen LogP contribution in [0.4, 0.5) is 18.9 Å². The Morgan fingerprint density at radius 1 is 1.00 bits per heavy atom. The van der Waals surface area contributed by atoms with E-state index < -0.39 is 11.7 Å². The van der Waals surface area contributed by atoms with Crippen LogP contribution in [0.25, 0.3) is 11.5 Å². The number of methoxy groups -OCH3 is 1. The Morgan fingerprint density at radius 3 is 2.35 bits per heavy atom. The van der Waals surface area contributed by atoms with Gasteiger partial charge in [-0.1, -0.05) is 6.07 Å². The summed E-state index contributed by atoms with van der Waals surface area (Å²) in [5, 5.41) is 8.35. The summed E-state index contributed by atoms with van der Waals surface area (Å²) >= 11 is 0. The molecule has 1 aliphatic heterocycles. The van der Waals surface area contributed by atoms with Crippen LogP contribution in [0.2, 0.25) is 0 Å². The predicted molar refractivity (Wildman–Crippen MR) is 110 cm³/mol. The summed E-state index contributed by atoms with van der Waals surface area (Å²) in [6, 6.07) is 12.7. The maximum atomic E-state index is 13.0. The van der Waals surface area contributed by atoms with E-state index in [4.69, 9.17) is 9.15 Å². The second-order valence-corrected chi connectivity index (χ2v) is 7.42. The third-order valence-electron chi connectivity index (χ3n) is 5.54. The normalized spacial score (nSPS) is 16.4. The van der Waals surface area contributed by atoms with Crippen molar-refractivity contribution < 1.29 is 22.3 Å². The lowest BCUT2D eigenvalue weighted by Crippen LogP contribution is -2.47. The highest BCUT2D eigenvalue weighted by Gasteiger charge is 2.31.